The largest absolute Gasteiger partial charge is 0.540 e. The third kappa shape index (κ3) is 6.73. The van der Waals surface area contributed by atoms with Crippen LogP contribution in [0.1, 0.15) is 21.6 Å². The molecule has 0 fully saturated rings. The fourth-order valence-corrected chi connectivity index (χ4v) is 2.40. The first kappa shape index (κ1) is 23.8. The minimum absolute atomic E-state index is 0. The molecule has 2 N–H and O–H groups in total. The SMILES string of the molecule is COc1c[c-]c(-c2cc(CS)ccn2)c(CO)c1.O=C(O)c1ccccn1.[Ir]. The van der Waals surface area contributed by atoms with Crippen LogP contribution in [0.15, 0.2) is 54.9 Å². The molecule has 0 aliphatic rings. The molecule has 8 heteroatoms. The van der Waals surface area contributed by atoms with E-state index in [2.05, 4.69) is 28.7 Å². The quantitative estimate of drug-likeness (QED) is 0.320. The van der Waals surface area contributed by atoms with E-state index >= 15 is 0 Å². The Kier molecular flexibility index (Phi) is 10.4. The molecule has 3 aromatic rings. The summed E-state index contributed by atoms with van der Waals surface area (Å²) in [7, 11) is 1.59. The number of carbonyl (C=O) groups is 1. The number of ether oxygens (including phenoxy) is 1. The van der Waals surface area contributed by atoms with Gasteiger partial charge in [-0.2, -0.15) is 12.6 Å². The molecule has 0 unspecified atom stereocenters. The zero-order chi connectivity index (χ0) is 19.6. The number of aromatic nitrogens is 2. The maximum absolute atomic E-state index is 10.1. The van der Waals surface area contributed by atoms with Crippen molar-refractivity contribution in [2.24, 2.45) is 0 Å². The molecule has 3 rings (SSSR count). The molecule has 0 saturated heterocycles. The number of carboxylic acid groups (broad SMARTS) is 1. The molecule has 0 atom stereocenters. The van der Waals surface area contributed by atoms with E-state index in [1.54, 1.807) is 37.6 Å². The van der Waals surface area contributed by atoms with Gasteiger partial charge in [0.2, 0.25) is 0 Å². The Morgan fingerprint density at radius 3 is 2.54 bits per heavy atom. The monoisotopic (exact) mass is 576 g/mol. The van der Waals surface area contributed by atoms with Crippen molar-refractivity contribution in [1.29, 1.82) is 0 Å². The number of hydrogen-bond donors (Lipinski definition) is 3. The average Bonchev–Trinajstić information content (AvgIpc) is 2.74. The molecule has 2 aromatic heterocycles. The van der Waals surface area contributed by atoms with Gasteiger partial charge in [0.25, 0.3) is 0 Å². The standard InChI is InChI=1S/C14H14NO2S.C6H5NO2.Ir/c1-17-12-2-3-13(11(7-12)8-16)14-6-10(9-18)4-5-15-14;8-6(9)5-3-1-2-4-7-5;/h2,4-7,16,18H,8-9H2,1H3;1-4H,(H,8,9);/q-1;;. The fourth-order valence-electron chi connectivity index (χ4n) is 2.20. The molecule has 0 amide bonds. The van der Waals surface area contributed by atoms with E-state index in [0.717, 1.165) is 22.4 Å². The van der Waals surface area contributed by atoms with Crippen molar-refractivity contribution < 1.29 is 39.8 Å². The fraction of sp³-hybridized carbons (Fsp3) is 0.150. The molecular formula is C20H19IrN2O4S-. The maximum atomic E-state index is 10.1. The Labute approximate surface area is 182 Å². The zero-order valence-corrected chi connectivity index (χ0v) is 18.3. The summed E-state index contributed by atoms with van der Waals surface area (Å²) in [6.07, 6.45) is 3.18. The molecular weight excluding hydrogens is 557 g/mol. The van der Waals surface area contributed by atoms with E-state index < -0.39 is 5.97 Å². The first-order chi connectivity index (χ1) is 13.1. The minimum Gasteiger partial charge on any atom is -0.540 e. The molecule has 2 heterocycles. The zero-order valence-electron chi connectivity index (χ0n) is 15.0. The molecule has 0 aliphatic heterocycles. The number of pyridine rings is 2. The van der Waals surface area contributed by atoms with Crippen molar-refractivity contribution in [2.75, 3.05) is 7.11 Å². The van der Waals surface area contributed by atoms with Gasteiger partial charge in [0.1, 0.15) is 5.69 Å². The first-order valence-electron chi connectivity index (χ1n) is 7.99. The Morgan fingerprint density at radius 1 is 1.21 bits per heavy atom. The van der Waals surface area contributed by atoms with Gasteiger partial charge in [-0.25, -0.2) is 9.78 Å². The normalized spacial score (nSPS) is 9.54. The Bertz CT molecular complexity index is 894. The van der Waals surface area contributed by atoms with Crippen LogP contribution in [0.5, 0.6) is 5.75 Å². The second-order valence-electron chi connectivity index (χ2n) is 5.33. The van der Waals surface area contributed by atoms with Crippen LogP contribution in [0.25, 0.3) is 11.3 Å². The van der Waals surface area contributed by atoms with Crippen LogP contribution in [-0.2, 0) is 32.5 Å². The van der Waals surface area contributed by atoms with Gasteiger partial charge < -0.3 is 19.9 Å². The summed E-state index contributed by atoms with van der Waals surface area (Å²) in [5.41, 5.74) is 3.49. The summed E-state index contributed by atoms with van der Waals surface area (Å²) in [6, 6.07) is 15.3. The van der Waals surface area contributed by atoms with Gasteiger partial charge in [-0.3, -0.25) is 0 Å². The second-order valence-corrected chi connectivity index (χ2v) is 5.64. The van der Waals surface area contributed by atoms with Crippen LogP contribution >= 0.6 is 12.6 Å². The van der Waals surface area contributed by atoms with E-state index in [1.165, 1.54) is 12.3 Å². The van der Waals surface area contributed by atoms with Gasteiger partial charge in [-0.1, -0.05) is 23.8 Å². The molecule has 0 bridgehead atoms. The van der Waals surface area contributed by atoms with Gasteiger partial charge in [-0.15, -0.1) is 17.7 Å². The van der Waals surface area contributed by atoms with Crippen molar-refractivity contribution in [3.05, 3.63) is 77.7 Å². The van der Waals surface area contributed by atoms with Crippen molar-refractivity contribution in [1.82, 2.24) is 9.97 Å². The molecule has 0 saturated carbocycles. The Hall–Kier alpha value is -2.25. The van der Waals surface area contributed by atoms with Gasteiger partial charge in [0.15, 0.2) is 0 Å². The van der Waals surface area contributed by atoms with E-state index in [4.69, 9.17) is 9.84 Å². The molecule has 149 valence electrons. The number of benzene rings is 1. The van der Waals surface area contributed by atoms with Crippen LogP contribution < -0.4 is 4.74 Å². The van der Waals surface area contributed by atoms with Crippen molar-refractivity contribution in [3.8, 4) is 17.0 Å². The minimum atomic E-state index is -0.990. The summed E-state index contributed by atoms with van der Waals surface area (Å²) in [4.78, 5) is 18.0. The number of rotatable bonds is 5. The third-order valence-corrected chi connectivity index (χ3v) is 3.91. The summed E-state index contributed by atoms with van der Waals surface area (Å²) < 4.78 is 5.12. The van der Waals surface area contributed by atoms with Crippen LogP contribution in [0.3, 0.4) is 0 Å². The topological polar surface area (TPSA) is 92.5 Å². The van der Waals surface area contributed by atoms with Crippen LogP contribution in [0, 0.1) is 6.07 Å². The van der Waals surface area contributed by atoms with E-state index in [1.807, 2.05) is 12.1 Å². The number of carboxylic acids is 1. The van der Waals surface area contributed by atoms with Gasteiger partial charge in [0, 0.05) is 50.6 Å². The van der Waals surface area contributed by atoms with Crippen LogP contribution in [0.4, 0.5) is 0 Å². The Balaban J connectivity index is 0.000000332. The number of aliphatic hydroxyl groups is 1. The Morgan fingerprint density at radius 2 is 2.00 bits per heavy atom. The number of methoxy groups -OCH3 is 1. The summed E-state index contributed by atoms with van der Waals surface area (Å²) in [5.74, 6) is 0.337. The number of aromatic carboxylic acids is 1. The van der Waals surface area contributed by atoms with Crippen LogP contribution in [-0.4, -0.2) is 33.3 Å². The number of aliphatic hydroxyl groups excluding tert-OH is 1. The predicted octanol–water partition coefficient (Wildman–Crippen LogP) is 3.26. The summed E-state index contributed by atoms with van der Waals surface area (Å²) >= 11 is 4.24. The third-order valence-electron chi connectivity index (χ3n) is 3.55. The molecule has 0 aliphatic carbocycles. The van der Waals surface area contributed by atoms with Crippen LogP contribution in [0.2, 0.25) is 0 Å². The van der Waals surface area contributed by atoms with E-state index in [-0.39, 0.29) is 32.4 Å². The number of hydrogen-bond acceptors (Lipinski definition) is 6. The predicted molar refractivity (Wildman–Crippen MR) is 105 cm³/mol. The smallest absolute Gasteiger partial charge is 0.354 e. The summed E-state index contributed by atoms with van der Waals surface area (Å²) in [6.45, 7) is -0.0736. The van der Waals surface area contributed by atoms with E-state index in [9.17, 15) is 9.90 Å². The van der Waals surface area contributed by atoms with Crippen molar-refractivity contribution >= 4 is 18.6 Å². The number of nitrogens with zero attached hydrogens (tertiary/aromatic N) is 2. The van der Waals surface area contributed by atoms with Crippen molar-refractivity contribution in [2.45, 2.75) is 12.4 Å². The molecule has 28 heavy (non-hydrogen) atoms. The first-order valence-corrected chi connectivity index (χ1v) is 8.62. The average molecular weight is 576 g/mol. The maximum Gasteiger partial charge on any atom is 0.354 e. The molecule has 1 radical (unpaired) electrons. The second kappa shape index (κ2) is 12.3. The number of thiol groups is 1. The van der Waals surface area contributed by atoms with Gasteiger partial charge >= 0.3 is 5.97 Å². The van der Waals surface area contributed by atoms with E-state index in [0.29, 0.717) is 11.5 Å². The molecule has 0 spiro atoms. The molecule has 1 aromatic carbocycles. The van der Waals surface area contributed by atoms with Gasteiger partial charge in [-0.05, 0) is 29.5 Å². The molecule has 6 nitrogen and oxygen atoms in total. The summed E-state index contributed by atoms with van der Waals surface area (Å²) in [5, 5.41) is 17.7. The van der Waals surface area contributed by atoms with Gasteiger partial charge in [0.05, 0.1) is 7.11 Å². The van der Waals surface area contributed by atoms with Crippen molar-refractivity contribution in [3.63, 3.8) is 0 Å².